The van der Waals surface area contributed by atoms with Crippen LogP contribution < -0.4 is 10.2 Å². The molecule has 1 aromatic carbocycles. The topological polar surface area (TPSA) is 72.6 Å². The number of benzene rings is 1. The van der Waals surface area contributed by atoms with E-state index in [2.05, 4.69) is 4.98 Å². The summed E-state index contributed by atoms with van der Waals surface area (Å²) < 4.78 is 11.5. The zero-order valence-corrected chi connectivity index (χ0v) is 17.4. The van der Waals surface area contributed by atoms with Crippen molar-refractivity contribution in [1.29, 1.82) is 0 Å². The van der Waals surface area contributed by atoms with E-state index in [1.165, 1.54) is 17.6 Å². The van der Waals surface area contributed by atoms with Crippen molar-refractivity contribution in [3.8, 4) is 16.3 Å². The van der Waals surface area contributed by atoms with Crippen LogP contribution in [0.15, 0.2) is 33.0 Å². The van der Waals surface area contributed by atoms with E-state index in [4.69, 9.17) is 9.15 Å². The summed E-state index contributed by atoms with van der Waals surface area (Å²) in [5.41, 5.74) is 2.51. The summed E-state index contributed by atoms with van der Waals surface area (Å²) in [4.78, 5) is 31.3. The molecular weight excluding hydrogens is 376 g/mol. The molecule has 0 unspecified atom stereocenters. The fraction of sp³-hybridized carbons (Fsp3) is 0.381. The largest absolute Gasteiger partial charge is 0.483 e. The number of rotatable bonds is 7. The highest BCUT2D eigenvalue weighted by Crippen LogP contribution is 2.28. The summed E-state index contributed by atoms with van der Waals surface area (Å²) in [5.74, 6) is 0.500. The third kappa shape index (κ3) is 3.94. The minimum Gasteiger partial charge on any atom is -0.483 e. The van der Waals surface area contributed by atoms with Crippen molar-refractivity contribution in [2.45, 2.75) is 34.1 Å². The predicted octanol–water partition coefficient (Wildman–Crippen LogP) is 4.03. The second-order valence-corrected chi connectivity index (χ2v) is 7.29. The fourth-order valence-electron chi connectivity index (χ4n) is 3.04. The molecule has 0 aliphatic carbocycles. The highest BCUT2D eigenvalue weighted by molar-refractivity contribution is 7.13. The fourth-order valence-corrected chi connectivity index (χ4v) is 3.84. The Labute approximate surface area is 167 Å². The van der Waals surface area contributed by atoms with Gasteiger partial charge in [0.05, 0.1) is 10.9 Å². The number of carbonyl (C=O) groups excluding carboxylic acids is 1. The van der Waals surface area contributed by atoms with Gasteiger partial charge in [-0.15, -0.1) is 11.3 Å². The number of hydrogen-bond donors (Lipinski definition) is 0. The first-order valence-corrected chi connectivity index (χ1v) is 10.3. The molecule has 6 nitrogen and oxygen atoms in total. The summed E-state index contributed by atoms with van der Waals surface area (Å²) in [5, 5.41) is 3.04. The maximum Gasteiger partial charge on any atom is 0.260 e. The lowest BCUT2D eigenvalue weighted by Gasteiger charge is -2.19. The van der Waals surface area contributed by atoms with Gasteiger partial charge >= 0.3 is 0 Å². The van der Waals surface area contributed by atoms with E-state index in [0.717, 1.165) is 11.3 Å². The predicted molar refractivity (Wildman–Crippen MR) is 111 cm³/mol. The van der Waals surface area contributed by atoms with Crippen LogP contribution in [0.5, 0.6) is 5.75 Å². The highest BCUT2D eigenvalue weighted by Gasteiger charge is 2.16. The van der Waals surface area contributed by atoms with Crippen LogP contribution in [0.2, 0.25) is 0 Å². The first kappa shape index (κ1) is 20.1. The molecule has 0 fully saturated rings. The Bertz CT molecular complexity index is 1050. The molecular formula is C21H24N2O4S. The maximum absolute atomic E-state index is 13.0. The van der Waals surface area contributed by atoms with E-state index < -0.39 is 0 Å². The maximum atomic E-state index is 13.0. The minimum atomic E-state index is -0.115. The van der Waals surface area contributed by atoms with Crippen LogP contribution >= 0.6 is 11.3 Å². The number of nitrogens with zero attached hydrogens (tertiary/aromatic N) is 2. The Balaban J connectivity index is 1.96. The van der Waals surface area contributed by atoms with Gasteiger partial charge in [-0.25, -0.2) is 4.98 Å². The Hall–Kier alpha value is -2.67. The summed E-state index contributed by atoms with van der Waals surface area (Å²) in [6.07, 6.45) is 2.12. The van der Waals surface area contributed by atoms with E-state index >= 15 is 0 Å². The summed E-state index contributed by atoms with van der Waals surface area (Å²) in [6, 6.07) is 3.49. The zero-order chi connectivity index (χ0) is 20.3. The van der Waals surface area contributed by atoms with E-state index in [9.17, 15) is 9.59 Å². The molecule has 2 heterocycles. The molecule has 3 aromatic rings. The molecule has 0 saturated heterocycles. The van der Waals surface area contributed by atoms with Crippen molar-refractivity contribution in [2.24, 2.45) is 0 Å². The van der Waals surface area contributed by atoms with Crippen molar-refractivity contribution in [3.05, 3.63) is 45.3 Å². The normalized spacial score (nSPS) is 11.0. The number of aryl methyl sites for hydroxylation is 2. The van der Waals surface area contributed by atoms with Crippen LogP contribution in [-0.4, -0.2) is 35.5 Å². The number of aromatic nitrogens is 1. The van der Waals surface area contributed by atoms with Crippen LogP contribution in [0.3, 0.4) is 0 Å². The van der Waals surface area contributed by atoms with Gasteiger partial charge in [0, 0.05) is 30.2 Å². The lowest BCUT2D eigenvalue weighted by Crippen LogP contribution is -2.34. The number of amides is 1. The van der Waals surface area contributed by atoms with Crippen molar-refractivity contribution in [2.75, 3.05) is 19.7 Å². The van der Waals surface area contributed by atoms with Gasteiger partial charge in [0.15, 0.2) is 6.61 Å². The first-order chi connectivity index (χ1) is 13.5. The van der Waals surface area contributed by atoms with Gasteiger partial charge in [-0.1, -0.05) is 6.92 Å². The van der Waals surface area contributed by atoms with Gasteiger partial charge in [0.2, 0.25) is 5.43 Å². The minimum absolute atomic E-state index is 0.0408. The van der Waals surface area contributed by atoms with Crippen molar-refractivity contribution in [3.63, 3.8) is 0 Å². The molecule has 2 aromatic heterocycles. The van der Waals surface area contributed by atoms with Crippen molar-refractivity contribution < 1.29 is 13.9 Å². The lowest BCUT2D eigenvalue weighted by molar-refractivity contribution is -0.132. The Morgan fingerprint density at radius 1 is 1.25 bits per heavy atom. The van der Waals surface area contributed by atoms with Crippen LogP contribution in [0.25, 0.3) is 21.5 Å². The van der Waals surface area contributed by atoms with E-state index in [-0.39, 0.29) is 17.9 Å². The second-order valence-electron chi connectivity index (χ2n) is 6.44. The average molecular weight is 401 g/mol. The molecule has 7 heteroatoms. The molecule has 3 rings (SSSR count). The van der Waals surface area contributed by atoms with Gasteiger partial charge in [0.25, 0.3) is 5.91 Å². The van der Waals surface area contributed by atoms with Crippen LogP contribution in [-0.2, 0) is 11.2 Å². The van der Waals surface area contributed by atoms with Gasteiger partial charge in [0.1, 0.15) is 22.6 Å². The van der Waals surface area contributed by atoms with Gasteiger partial charge in [-0.2, -0.15) is 0 Å². The summed E-state index contributed by atoms with van der Waals surface area (Å²) in [6.45, 7) is 8.99. The van der Waals surface area contributed by atoms with E-state index in [0.29, 0.717) is 46.8 Å². The molecule has 0 saturated carbocycles. The summed E-state index contributed by atoms with van der Waals surface area (Å²) in [7, 11) is 0. The van der Waals surface area contributed by atoms with Crippen LogP contribution in [0.1, 0.15) is 32.0 Å². The molecule has 148 valence electrons. The molecule has 0 radical (unpaired) electrons. The monoisotopic (exact) mass is 400 g/mol. The summed E-state index contributed by atoms with van der Waals surface area (Å²) >= 11 is 1.42. The Morgan fingerprint density at radius 3 is 2.61 bits per heavy atom. The van der Waals surface area contributed by atoms with Gasteiger partial charge in [-0.3, -0.25) is 9.59 Å². The number of thiazole rings is 1. The lowest BCUT2D eigenvalue weighted by atomic mass is 10.1. The molecule has 0 spiro atoms. The number of ether oxygens (including phenoxy) is 1. The Kier molecular flexibility index (Phi) is 6.14. The molecule has 28 heavy (non-hydrogen) atoms. The quantitative estimate of drug-likeness (QED) is 0.599. The molecule has 0 aliphatic heterocycles. The van der Waals surface area contributed by atoms with Gasteiger partial charge in [-0.05, 0) is 38.8 Å². The second kappa shape index (κ2) is 8.56. The van der Waals surface area contributed by atoms with Gasteiger partial charge < -0.3 is 14.1 Å². The van der Waals surface area contributed by atoms with Crippen LogP contribution in [0.4, 0.5) is 0 Å². The first-order valence-electron chi connectivity index (χ1n) is 9.39. The molecule has 0 atom stereocenters. The van der Waals surface area contributed by atoms with Crippen LogP contribution in [0, 0.1) is 6.92 Å². The molecule has 0 N–H and O–H groups in total. The molecule has 0 aliphatic rings. The highest BCUT2D eigenvalue weighted by atomic mass is 32.1. The number of fused-ring (bicyclic) bond motifs is 1. The zero-order valence-electron chi connectivity index (χ0n) is 16.6. The Morgan fingerprint density at radius 2 is 2.00 bits per heavy atom. The van der Waals surface area contributed by atoms with E-state index in [1.54, 1.807) is 17.0 Å². The average Bonchev–Trinajstić information content (AvgIpc) is 3.13. The van der Waals surface area contributed by atoms with Crippen molar-refractivity contribution in [1.82, 2.24) is 9.88 Å². The van der Waals surface area contributed by atoms with Crippen molar-refractivity contribution >= 4 is 28.2 Å². The number of likely N-dealkylation sites (N-methyl/N-ethyl adjacent to an activating group) is 1. The number of hydrogen-bond acceptors (Lipinski definition) is 6. The number of carbonyl (C=O) groups is 1. The SMILES string of the molecule is CCc1cc2c(=O)c(-c3nc(C)cs3)coc2cc1OCC(=O)N(CC)CC. The third-order valence-corrected chi connectivity index (χ3v) is 5.65. The smallest absolute Gasteiger partial charge is 0.260 e. The van der Waals surface area contributed by atoms with E-state index in [1.807, 2.05) is 33.1 Å². The molecule has 0 bridgehead atoms. The third-order valence-electron chi connectivity index (χ3n) is 4.65. The molecule has 1 amide bonds. The standard InChI is InChI=1S/C21H24N2O4S/c1-5-14-8-15-18(9-17(14)27-11-19(24)23(6-2)7-3)26-10-16(20(15)25)21-22-13(4)12-28-21/h8-10,12H,5-7,11H2,1-4H3.